The van der Waals surface area contributed by atoms with Gasteiger partial charge in [0.25, 0.3) is 0 Å². The predicted octanol–water partition coefficient (Wildman–Crippen LogP) is 2.78. The number of hydrogen-bond acceptors (Lipinski definition) is 2. The number of hydrogen-bond donors (Lipinski definition) is 2. The van der Waals surface area contributed by atoms with Crippen LogP contribution in [-0.4, -0.2) is 22.0 Å². The third kappa shape index (κ3) is 3.27. The maximum absolute atomic E-state index is 13.2. The van der Waals surface area contributed by atoms with Crippen molar-refractivity contribution in [1.82, 2.24) is 14.9 Å². The van der Waals surface area contributed by atoms with Crippen molar-refractivity contribution in [2.24, 2.45) is 5.92 Å². The van der Waals surface area contributed by atoms with Crippen LogP contribution < -0.4 is 11.0 Å². The van der Waals surface area contributed by atoms with Gasteiger partial charge < -0.3 is 10.3 Å². The summed E-state index contributed by atoms with van der Waals surface area (Å²) in [6.07, 6.45) is 2.02. The van der Waals surface area contributed by atoms with Gasteiger partial charge in [-0.25, -0.2) is 9.18 Å². The van der Waals surface area contributed by atoms with Crippen LogP contribution in [0.4, 0.5) is 4.39 Å². The van der Waals surface area contributed by atoms with Crippen LogP contribution in [0.3, 0.4) is 0 Å². The molecule has 1 aromatic heterocycles. The molecule has 1 amide bonds. The summed E-state index contributed by atoms with van der Waals surface area (Å²) in [6, 6.07) is 13.6. The molecule has 5 nitrogen and oxygen atoms in total. The molecule has 1 unspecified atom stereocenters. The molecule has 1 fully saturated rings. The Labute approximate surface area is 149 Å². The third-order valence-electron chi connectivity index (χ3n) is 4.92. The van der Waals surface area contributed by atoms with Gasteiger partial charge in [0.15, 0.2) is 0 Å². The standard InChI is InChI=1S/C20H20FN3O2/c21-15-9-7-14(8-10-15)18(13-5-6-13)19(25)22-11-12-24-17-4-2-1-3-16(17)23-20(24)26/h1-4,7-10,13,18H,5-6,11-12H2,(H,22,25)(H,23,26). The smallest absolute Gasteiger partial charge is 0.326 e. The first-order valence-electron chi connectivity index (χ1n) is 8.84. The topological polar surface area (TPSA) is 66.9 Å². The summed E-state index contributed by atoms with van der Waals surface area (Å²) in [5, 5.41) is 2.94. The molecule has 1 aliphatic rings. The number of amides is 1. The summed E-state index contributed by atoms with van der Waals surface area (Å²) < 4.78 is 14.8. The van der Waals surface area contributed by atoms with Gasteiger partial charge in [-0.1, -0.05) is 24.3 Å². The Morgan fingerprint density at radius 2 is 1.92 bits per heavy atom. The monoisotopic (exact) mass is 353 g/mol. The van der Waals surface area contributed by atoms with Crippen molar-refractivity contribution in [3.05, 3.63) is 70.4 Å². The van der Waals surface area contributed by atoms with Gasteiger partial charge in [0.2, 0.25) is 5.91 Å². The van der Waals surface area contributed by atoms with Crippen LogP contribution in [0, 0.1) is 11.7 Å². The summed E-state index contributed by atoms with van der Waals surface area (Å²) in [5.74, 6) is -0.305. The van der Waals surface area contributed by atoms with Crippen LogP contribution in [0.1, 0.15) is 24.3 Å². The first-order chi connectivity index (χ1) is 12.6. The van der Waals surface area contributed by atoms with Gasteiger partial charge in [0.05, 0.1) is 17.0 Å². The predicted molar refractivity (Wildman–Crippen MR) is 97.4 cm³/mol. The molecule has 2 aromatic carbocycles. The Morgan fingerprint density at radius 1 is 1.19 bits per heavy atom. The maximum Gasteiger partial charge on any atom is 0.326 e. The van der Waals surface area contributed by atoms with E-state index in [1.807, 2.05) is 24.3 Å². The van der Waals surface area contributed by atoms with Crippen LogP contribution in [0.5, 0.6) is 0 Å². The molecule has 0 bridgehead atoms. The van der Waals surface area contributed by atoms with E-state index in [2.05, 4.69) is 10.3 Å². The number of carbonyl (C=O) groups excluding carboxylic acids is 1. The molecular formula is C20H20FN3O2. The maximum atomic E-state index is 13.2. The first kappa shape index (κ1) is 16.6. The summed E-state index contributed by atoms with van der Waals surface area (Å²) in [4.78, 5) is 27.6. The molecule has 0 spiro atoms. The highest BCUT2D eigenvalue weighted by atomic mass is 19.1. The molecule has 1 saturated carbocycles. The molecule has 6 heteroatoms. The van der Waals surface area contributed by atoms with Crippen molar-refractivity contribution < 1.29 is 9.18 Å². The number of halogens is 1. The van der Waals surface area contributed by atoms with Crippen LogP contribution in [0.25, 0.3) is 11.0 Å². The van der Waals surface area contributed by atoms with Crippen LogP contribution in [0.15, 0.2) is 53.3 Å². The molecule has 4 rings (SSSR count). The van der Waals surface area contributed by atoms with Crippen molar-refractivity contribution in [2.45, 2.75) is 25.3 Å². The minimum Gasteiger partial charge on any atom is -0.354 e. The number of aromatic amines is 1. The van der Waals surface area contributed by atoms with Gasteiger partial charge in [-0.05, 0) is 48.6 Å². The van der Waals surface area contributed by atoms with Crippen LogP contribution in [0.2, 0.25) is 0 Å². The number of fused-ring (bicyclic) bond motifs is 1. The molecule has 0 saturated heterocycles. The fourth-order valence-corrected chi connectivity index (χ4v) is 3.47. The number of rotatable bonds is 6. The Balaban J connectivity index is 1.45. The number of para-hydroxylation sites is 2. The Morgan fingerprint density at radius 3 is 2.65 bits per heavy atom. The molecule has 2 N–H and O–H groups in total. The summed E-state index contributed by atoms with van der Waals surface area (Å²) in [6.45, 7) is 0.764. The highest BCUT2D eigenvalue weighted by Crippen LogP contribution is 2.42. The van der Waals surface area contributed by atoms with E-state index in [1.54, 1.807) is 16.7 Å². The number of nitrogens with one attached hydrogen (secondary N) is 2. The lowest BCUT2D eigenvalue weighted by Crippen LogP contribution is -2.34. The zero-order chi connectivity index (χ0) is 18.1. The van der Waals surface area contributed by atoms with Gasteiger partial charge in [-0.3, -0.25) is 9.36 Å². The van der Waals surface area contributed by atoms with Crippen LogP contribution >= 0.6 is 0 Å². The largest absolute Gasteiger partial charge is 0.354 e. The molecule has 0 radical (unpaired) electrons. The molecule has 0 aliphatic heterocycles. The SMILES string of the molecule is O=C(NCCn1c(=O)[nH]c2ccccc21)C(c1ccc(F)cc1)C1CC1. The number of nitrogens with zero attached hydrogens (tertiary/aromatic N) is 1. The van der Waals surface area contributed by atoms with Crippen molar-refractivity contribution in [2.75, 3.05) is 6.54 Å². The van der Waals surface area contributed by atoms with E-state index in [0.717, 1.165) is 29.4 Å². The molecule has 1 heterocycles. The average molecular weight is 353 g/mol. The second-order valence-electron chi connectivity index (χ2n) is 6.76. The zero-order valence-corrected chi connectivity index (χ0v) is 14.2. The van der Waals surface area contributed by atoms with Gasteiger partial charge in [-0.2, -0.15) is 0 Å². The lowest BCUT2D eigenvalue weighted by molar-refractivity contribution is -0.123. The van der Waals surface area contributed by atoms with Crippen molar-refractivity contribution in [3.8, 4) is 0 Å². The molecule has 1 atom stereocenters. The van der Waals surface area contributed by atoms with E-state index in [9.17, 15) is 14.0 Å². The number of aromatic nitrogens is 2. The zero-order valence-electron chi connectivity index (χ0n) is 14.2. The van der Waals surface area contributed by atoms with Gasteiger partial charge in [0.1, 0.15) is 5.82 Å². The lowest BCUT2D eigenvalue weighted by atomic mass is 9.93. The second-order valence-corrected chi connectivity index (χ2v) is 6.76. The highest BCUT2D eigenvalue weighted by molar-refractivity contribution is 5.84. The summed E-state index contributed by atoms with van der Waals surface area (Å²) in [7, 11) is 0. The Bertz CT molecular complexity index is 986. The second kappa shape index (κ2) is 6.78. The molecule has 1 aliphatic carbocycles. The van der Waals surface area contributed by atoms with Gasteiger partial charge in [-0.15, -0.1) is 0 Å². The first-order valence-corrected chi connectivity index (χ1v) is 8.84. The van der Waals surface area contributed by atoms with Crippen molar-refractivity contribution >= 4 is 16.9 Å². The minimum atomic E-state index is -0.303. The summed E-state index contributed by atoms with van der Waals surface area (Å²) in [5.41, 5.74) is 2.27. The van der Waals surface area contributed by atoms with Gasteiger partial charge >= 0.3 is 5.69 Å². The van der Waals surface area contributed by atoms with Crippen molar-refractivity contribution in [3.63, 3.8) is 0 Å². The lowest BCUT2D eigenvalue weighted by Gasteiger charge is -2.17. The molecular weight excluding hydrogens is 333 g/mol. The van der Waals surface area contributed by atoms with Gasteiger partial charge in [0, 0.05) is 13.1 Å². The normalized spacial score (nSPS) is 15.1. The Hall–Kier alpha value is -2.89. The molecule has 26 heavy (non-hydrogen) atoms. The highest BCUT2D eigenvalue weighted by Gasteiger charge is 2.37. The van der Waals surface area contributed by atoms with E-state index in [-0.39, 0.29) is 23.3 Å². The van der Waals surface area contributed by atoms with E-state index in [0.29, 0.717) is 19.0 Å². The van der Waals surface area contributed by atoms with Crippen LogP contribution in [-0.2, 0) is 11.3 Å². The van der Waals surface area contributed by atoms with E-state index >= 15 is 0 Å². The number of H-pyrrole nitrogens is 1. The number of imidazole rings is 1. The fraction of sp³-hybridized carbons (Fsp3) is 0.300. The third-order valence-corrected chi connectivity index (χ3v) is 4.92. The molecule has 3 aromatic rings. The summed E-state index contributed by atoms with van der Waals surface area (Å²) >= 11 is 0. The van der Waals surface area contributed by atoms with E-state index < -0.39 is 0 Å². The quantitative estimate of drug-likeness (QED) is 0.716. The van der Waals surface area contributed by atoms with Crippen molar-refractivity contribution in [1.29, 1.82) is 0 Å². The Kier molecular flexibility index (Phi) is 4.32. The van der Waals surface area contributed by atoms with E-state index in [1.165, 1.54) is 12.1 Å². The number of benzene rings is 2. The molecule has 134 valence electrons. The fourth-order valence-electron chi connectivity index (χ4n) is 3.47. The number of carbonyl (C=O) groups is 1. The minimum absolute atomic E-state index is 0.0630. The average Bonchev–Trinajstić information content (AvgIpc) is 3.41. The van der Waals surface area contributed by atoms with E-state index in [4.69, 9.17) is 0 Å².